The molecule has 1 aliphatic heterocycles. The Morgan fingerprint density at radius 3 is 2.77 bits per heavy atom. The van der Waals surface area contributed by atoms with Gasteiger partial charge in [0.05, 0.1) is 17.9 Å². The molecule has 0 radical (unpaired) electrons. The molecule has 0 spiro atoms. The second-order valence-electron chi connectivity index (χ2n) is 8.34. The molecule has 1 N–H and O–H groups in total. The lowest BCUT2D eigenvalue weighted by Gasteiger charge is -2.29. The Kier molecular flexibility index (Phi) is 5.13. The summed E-state index contributed by atoms with van der Waals surface area (Å²) in [7, 11) is 0. The summed E-state index contributed by atoms with van der Waals surface area (Å²) in [5, 5.41) is 0.893. The van der Waals surface area contributed by atoms with Gasteiger partial charge < -0.3 is 14.6 Å². The smallest absolute Gasteiger partial charge is 0.341 e. The first kappa shape index (κ1) is 20.8. The quantitative estimate of drug-likeness (QED) is 0.638. The Morgan fingerprint density at radius 1 is 1.29 bits per heavy atom. The molecule has 0 saturated carbocycles. The number of hydrogen-bond acceptors (Lipinski definition) is 4. The molecule has 0 saturated heterocycles. The number of aromatic nitrogens is 2. The van der Waals surface area contributed by atoms with Crippen molar-refractivity contribution in [2.45, 2.75) is 33.1 Å². The first-order chi connectivity index (χ1) is 14.7. The third-order valence-corrected chi connectivity index (χ3v) is 5.56. The molecule has 7 heteroatoms. The monoisotopic (exact) mass is 421 g/mol. The second-order valence-corrected chi connectivity index (χ2v) is 8.34. The number of carbonyl (C=O) groups is 2. The average Bonchev–Trinajstić information content (AvgIpc) is 3.07. The maximum absolute atomic E-state index is 13.7. The summed E-state index contributed by atoms with van der Waals surface area (Å²) in [5.74, 6) is -1.20. The van der Waals surface area contributed by atoms with E-state index in [2.05, 4.69) is 9.97 Å². The third kappa shape index (κ3) is 3.60. The van der Waals surface area contributed by atoms with Gasteiger partial charge in [0.15, 0.2) is 0 Å². The summed E-state index contributed by atoms with van der Waals surface area (Å²) in [6.07, 6.45) is 4.98. The molecule has 0 atom stereocenters. The molecule has 0 aliphatic carbocycles. The molecule has 6 nitrogen and oxygen atoms in total. The van der Waals surface area contributed by atoms with Crippen molar-refractivity contribution in [1.82, 2.24) is 14.9 Å². The molecule has 1 aromatic carbocycles. The minimum absolute atomic E-state index is 0.210. The van der Waals surface area contributed by atoms with Gasteiger partial charge in [-0.1, -0.05) is 13.8 Å². The summed E-state index contributed by atoms with van der Waals surface area (Å²) in [4.78, 5) is 35.3. The summed E-state index contributed by atoms with van der Waals surface area (Å²) in [5.41, 5.74) is 2.88. The number of hydrogen-bond donors (Lipinski definition) is 1. The van der Waals surface area contributed by atoms with Gasteiger partial charge in [-0.15, -0.1) is 0 Å². The Morgan fingerprint density at radius 2 is 2.06 bits per heavy atom. The van der Waals surface area contributed by atoms with E-state index in [1.807, 2.05) is 19.9 Å². The molecule has 0 bridgehead atoms. The van der Waals surface area contributed by atoms with Gasteiger partial charge in [0, 0.05) is 47.0 Å². The molecular formula is C24H24FN3O3. The fraction of sp³-hybridized carbons (Fsp3) is 0.292. The van der Waals surface area contributed by atoms with Gasteiger partial charge in [-0.3, -0.25) is 9.78 Å². The highest BCUT2D eigenvalue weighted by molar-refractivity contribution is 6.18. The molecule has 3 heterocycles. The van der Waals surface area contributed by atoms with E-state index in [1.54, 1.807) is 26.2 Å². The molecule has 31 heavy (non-hydrogen) atoms. The molecular weight excluding hydrogens is 397 g/mol. The molecule has 0 fully saturated rings. The van der Waals surface area contributed by atoms with E-state index in [0.717, 1.165) is 16.5 Å². The number of ether oxygens (including phenoxy) is 1. The van der Waals surface area contributed by atoms with Crippen molar-refractivity contribution in [3.63, 3.8) is 0 Å². The summed E-state index contributed by atoms with van der Waals surface area (Å²) < 4.78 is 19.0. The molecule has 160 valence electrons. The van der Waals surface area contributed by atoms with E-state index in [4.69, 9.17) is 4.74 Å². The number of nitrogens with one attached hydrogen (secondary N) is 1. The number of esters is 1. The number of H-pyrrole nitrogens is 1. The van der Waals surface area contributed by atoms with E-state index < -0.39 is 11.4 Å². The summed E-state index contributed by atoms with van der Waals surface area (Å²) >= 11 is 0. The summed E-state index contributed by atoms with van der Waals surface area (Å²) in [6, 6.07) is 6.11. The van der Waals surface area contributed by atoms with Crippen LogP contribution >= 0.6 is 0 Å². The number of pyridine rings is 1. The number of aryl methyl sites for hydroxylation is 1. The van der Waals surface area contributed by atoms with Crippen LogP contribution in [0, 0.1) is 12.7 Å². The highest BCUT2D eigenvalue weighted by atomic mass is 19.1. The minimum atomic E-state index is -0.519. The molecule has 0 unspecified atom stereocenters. The number of fused-ring (bicyclic) bond motifs is 3. The van der Waals surface area contributed by atoms with Crippen molar-refractivity contribution < 1.29 is 18.7 Å². The van der Waals surface area contributed by atoms with Crippen molar-refractivity contribution in [3.05, 3.63) is 71.1 Å². The topological polar surface area (TPSA) is 75.3 Å². The summed E-state index contributed by atoms with van der Waals surface area (Å²) in [6.45, 7) is 7.91. The van der Waals surface area contributed by atoms with Gasteiger partial charge in [0.25, 0.3) is 5.91 Å². The van der Waals surface area contributed by atoms with Crippen molar-refractivity contribution in [2.75, 3.05) is 13.2 Å². The van der Waals surface area contributed by atoms with E-state index in [-0.39, 0.29) is 23.9 Å². The lowest BCUT2D eigenvalue weighted by Crippen LogP contribution is -2.37. The van der Waals surface area contributed by atoms with Crippen LogP contribution in [-0.2, 0) is 14.9 Å². The van der Waals surface area contributed by atoms with Crippen molar-refractivity contribution in [1.29, 1.82) is 0 Å². The highest BCUT2D eigenvalue weighted by Gasteiger charge is 2.37. The van der Waals surface area contributed by atoms with Crippen molar-refractivity contribution in [3.8, 4) is 0 Å². The minimum Gasteiger partial charge on any atom is -0.462 e. The normalized spacial score (nSPS) is 15.3. The van der Waals surface area contributed by atoms with Gasteiger partial charge in [-0.05, 0) is 49.2 Å². The Labute approximate surface area is 179 Å². The van der Waals surface area contributed by atoms with Crippen LogP contribution in [0.1, 0.15) is 48.0 Å². The van der Waals surface area contributed by atoms with Crippen LogP contribution in [-0.4, -0.2) is 39.9 Å². The molecule has 1 amide bonds. The zero-order valence-electron chi connectivity index (χ0n) is 18.0. The zero-order chi connectivity index (χ0) is 22.3. The van der Waals surface area contributed by atoms with Gasteiger partial charge in [-0.25, -0.2) is 9.18 Å². The van der Waals surface area contributed by atoms with E-state index in [9.17, 15) is 14.0 Å². The van der Waals surface area contributed by atoms with Gasteiger partial charge >= 0.3 is 5.97 Å². The van der Waals surface area contributed by atoms with Crippen molar-refractivity contribution >= 4 is 28.4 Å². The van der Waals surface area contributed by atoms with E-state index in [1.165, 1.54) is 29.3 Å². The first-order valence-corrected chi connectivity index (χ1v) is 10.2. The maximum Gasteiger partial charge on any atom is 0.341 e. The van der Waals surface area contributed by atoms with Gasteiger partial charge in [0.2, 0.25) is 0 Å². The molecule has 2 aromatic heterocycles. The molecule has 1 aliphatic rings. The number of rotatable bonds is 3. The van der Waals surface area contributed by atoms with Crippen LogP contribution < -0.4 is 0 Å². The van der Waals surface area contributed by atoms with Crippen LogP contribution in [0.3, 0.4) is 0 Å². The van der Waals surface area contributed by atoms with Gasteiger partial charge in [0.1, 0.15) is 5.82 Å². The predicted octanol–water partition coefficient (Wildman–Crippen LogP) is 4.35. The number of aromatic amines is 1. The highest BCUT2D eigenvalue weighted by Crippen LogP contribution is 2.40. The lowest BCUT2D eigenvalue weighted by atomic mass is 9.82. The van der Waals surface area contributed by atoms with Crippen LogP contribution in [0.2, 0.25) is 0 Å². The second kappa shape index (κ2) is 7.65. The Hall–Kier alpha value is -3.48. The lowest BCUT2D eigenvalue weighted by molar-refractivity contribution is -0.136. The van der Waals surface area contributed by atoms with Gasteiger partial charge in [-0.2, -0.15) is 0 Å². The van der Waals surface area contributed by atoms with Crippen LogP contribution in [0.25, 0.3) is 16.5 Å². The fourth-order valence-electron chi connectivity index (χ4n) is 4.15. The Bertz CT molecular complexity index is 1230. The number of nitrogens with zero attached hydrogens (tertiary/aromatic N) is 2. The molecule has 4 rings (SSSR count). The number of amides is 1. The number of benzene rings is 1. The van der Waals surface area contributed by atoms with E-state index >= 15 is 0 Å². The standard InChI is InChI=1S/C24H24FN3O3/c1-5-31-23(30)17-12-28(22(29)15-6-7-18(25)14(2)10-15)13-24(3,4)20-16-11-26-9-8-19(16)27-21(17)20/h6-12,27H,5,13H2,1-4H3. The molecule has 3 aromatic rings. The Balaban J connectivity index is 1.89. The number of carbonyl (C=O) groups excluding carboxylic acids is 2. The van der Waals surface area contributed by atoms with E-state index in [0.29, 0.717) is 23.4 Å². The van der Waals surface area contributed by atoms with Crippen LogP contribution in [0.15, 0.2) is 42.9 Å². The maximum atomic E-state index is 13.7. The zero-order valence-corrected chi connectivity index (χ0v) is 18.0. The fourth-order valence-corrected chi connectivity index (χ4v) is 4.15. The average molecular weight is 421 g/mol. The first-order valence-electron chi connectivity index (χ1n) is 10.2. The SMILES string of the molecule is CCOC(=O)C1=CN(C(=O)c2ccc(F)c(C)c2)CC(C)(C)c2c1[nH]c1ccncc21. The van der Waals surface area contributed by atoms with Crippen LogP contribution in [0.5, 0.6) is 0 Å². The predicted molar refractivity (Wildman–Crippen MR) is 116 cm³/mol. The van der Waals surface area contributed by atoms with Crippen molar-refractivity contribution in [2.24, 2.45) is 0 Å². The van der Waals surface area contributed by atoms with Crippen LogP contribution in [0.4, 0.5) is 4.39 Å². The third-order valence-electron chi connectivity index (χ3n) is 5.56. The number of halogens is 1. The largest absolute Gasteiger partial charge is 0.462 e.